The number of aldehydes is 1. The zero-order chi connectivity index (χ0) is 13.5. The van der Waals surface area contributed by atoms with E-state index in [1.165, 1.54) is 0 Å². The van der Waals surface area contributed by atoms with Crippen LogP contribution in [0.1, 0.15) is 5.56 Å². The van der Waals surface area contributed by atoms with Crippen LogP contribution in [0.3, 0.4) is 0 Å². The lowest BCUT2D eigenvalue weighted by Gasteiger charge is -2.00. The van der Waals surface area contributed by atoms with Crippen LogP contribution in [-0.4, -0.2) is 31.2 Å². The van der Waals surface area contributed by atoms with Gasteiger partial charge in [-0.2, -0.15) is 10.2 Å². The van der Waals surface area contributed by atoms with Crippen molar-refractivity contribution in [3.63, 3.8) is 0 Å². The highest BCUT2D eigenvalue weighted by Gasteiger charge is 2.25. The number of carbonyl (C=O) groups is 3. The molecule has 6 nitrogen and oxygen atoms in total. The van der Waals surface area contributed by atoms with Crippen LogP contribution < -0.4 is 0 Å². The number of ether oxygens (including phenoxy) is 1. The van der Waals surface area contributed by atoms with E-state index >= 15 is 0 Å². The molecule has 0 amide bonds. The van der Waals surface area contributed by atoms with Gasteiger partial charge in [0.15, 0.2) is 12.3 Å². The van der Waals surface area contributed by atoms with Gasteiger partial charge in [0.2, 0.25) is 0 Å². The maximum absolute atomic E-state index is 11.3. The monoisotopic (exact) mass is 248 g/mol. The average molecular weight is 248 g/mol. The minimum atomic E-state index is -1.46. The molecule has 18 heavy (non-hydrogen) atoms. The number of benzene rings is 1. The highest BCUT2D eigenvalue weighted by molar-refractivity contribution is 6.38. The van der Waals surface area contributed by atoms with Gasteiger partial charge < -0.3 is 9.53 Å². The van der Waals surface area contributed by atoms with Crippen LogP contribution in [0.4, 0.5) is 5.69 Å². The van der Waals surface area contributed by atoms with Gasteiger partial charge in [-0.3, -0.25) is 4.79 Å². The standard InChI is InChI=1S/C12H12N2O4/c1-8-3-5-9(6-4-8)13-14-10(7-15)11(16)12(17)18-2/h3-7,10H,1-2H3. The maximum atomic E-state index is 11.3. The van der Waals surface area contributed by atoms with Crippen LogP contribution in [0.25, 0.3) is 0 Å². The van der Waals surface area contributed by atoms with E-state index in [0.29, 0.717) is 5.69 Å². The second-order valence-electron chi connectivity index (χ2n) is 3.49. The number of hydrogen-bond acceptors (Lipinski definition) is 6. The summed E-state index contributed by atoms with van der Waals surface area (Å²) in [4.78, 5) is 32.9. The first kappa shape index (κ1) is 13.7. The number of azo groups is 1. The molecule has 0 saturated carbocycles. The van der Waals surface area contributed by atoms with Crippen molar-refractivity contribution < 1.29 is 19.1 Å². The predicted molar refractivity (Wildman–Crippen MR) is 62.6 cm³/mol. The molecule has 0 bridgehead atoms. The lowest BCUT2D eigenvalue weighted by Crippen LogP contribution is -2.28. The Labute approximate surface area is 104 Å². The molecule has 0 radical (unpaired) electrons. The largest absolute Gasteiger partial charge is 0.463 e. The topological polar surface area (TPSA) is 85.2 Å². The fraction of sp³-hybridized carbons (Fsp3) is 0.250. The van der Waals surface area contributed by atoms with Crippen molar-refractivity contribution in [1.82, 2.24) is 0 Å². The van der Waals surface area contributed by atoms with Gasteiger partial charge >= 0.3 is 5.97 Å². The molecule has 1 unspecified atom stereocenters. The number of carbonyl (C=O) groups excluding carboxylic acids is 3. The van der Waals surface area contributed by atoms with Crippen LogP contribution in [0.2, 0.25) is 0 Å². The van der Waals surface area contributed by atoms with E-state index in [1.807, 2.05) is 19.1 Å². The summed E-state index contributed by atoms with van der Waals surface area (Å²) in [5, 5.41) is 7.24. The van der Waals surface area contributed by atoms with Crippen LogP contribution >= 0.6 is 0 Å². The van der Waals surface area contributed by atoms with E-state index in [2.05, 4.69) is 15.0 Å². The lowest BCUT2D eigenvalue weighted by atomic mass is 10.2. The molecule has 1 aromatic carbocycles. The summed E-state index contributed by atoms with van der Waals surface area (Å²) in [6, 6.07) is 5.53. The van der Waals surface area contributed by atoms with Crippen LogP contribution in [0.5, 0.6) is 0 Å². The maximum Gasteiger partial charge on any atom is 0.377 e. The van der Waals surface area contributed by atoms with Crippen molar-refractivity contribution in [2.24, 2.45) is 10.2 Å². The molecule has 0 fully saturated rings. The van der Waals surface area contributed by atoms with Crippen LogP contribution in [0.15, 0.2) is 34.5 Å². The van der Waals surface area contributed by atoms with Crippen molar-refractivity contribution in [3.05, 3.63) is 29.8 Å². The molecule has 6 heteroatoms. The number of aryl methyl sites for hydroxylation is 1. The van der Waals surface area contributed by atoms with Gasteiger partial charge in [0, 0.05) is 0 Å². The van der Waals surface area contributed by atoms with Crippen LogP contribution in [0, 0.1) is 6.92 Å². The highest BCUT2D eigenvalue weighted by Crippen LogP contribution is 2.13. The van der Waals surface area contributed by atoms with E-state index in [9.17, 15) is 14.4 Å². The summed E-state index contributed by atoms with van der Waals surface area (Å²) >= 11 is 0. The molecule has 0 heterocycles. The third-order valence-corrected chi connectivity index (χ3v) is 2.12. The first-order chi connectivity index (χ1) is 8.58. The van der Waals surface area contributed by atoms with Crippen molar-refractivity contribution in [2.45, 2.75) is 13.0 Å². The van der Waals surface area contributed by atoms with Crippen molar-refractivity contribution in [1.29, 1.82) is 0 Å². The van der Waals surface area contributed by atoms with Gasteiger partial charge in [-0.05, 0) is 19.1 Å². The minimum absolute atomic E-state index is 0.247. The fourth-order valence-electron chi connectivity index (χ4n) is 1.10. The Balaban J connectivity index is 2.80. The van der Waals surface area contributed by atoms with Gasteiger partial charge in [0.05, 0.1) is 12.8 Å². The average Bonchev–Trinajstić information content (AvgIpc) is 2.40. The van der Waals surface area contributed by atoms with Crippen molar-refractivity contribution in [2.75, 3.05) is 7.11 Å². The molecule has 0 saturated heterocycles. The Morgan fingerprint density at radius 2 is 1.89 bits per heavy atom. The quantitative estimate of drug-likeness (QED) is 0.259. The van der Waals surface area contributed by atoms with Gasteiger partial charge in [-0.25, -0.2) is 4.79 Å². The van der Waals surface area contributed by atoms with Gasteiger partial charge in [0.25, 0.3) is 5.78 Å². The molecule has 0 N–H and O–H groups in total. The Kier molecular flexibility index (Phi) is 4.86. The third kappa shape index (κ3) is 3.58. The first-order valence-electron chi connectivity index (χ1n) is 5.13. The molecule has 1 aromatic rings. The number of esters is 1. The fourth-order valence-corrected chi connectivity index (χ4v) is 1.10. The number of rotatable bonds is 5. The summed E-state index contributed by atoms with van der Waals surface area (Å²) < 4.78 is 4.21. The molecule has 1 atom stereocenters. The highest BCUT2D eigenvalue weighted by atomic mass is 16.5. The molecule has 1 rings (SSSR count). The van der Waals surface area contributed by atoms with Gasteiger partial charge in [0.1, 0.15) is 0 Å². The number of nitrogens with zero attached hydrogens (tertiary/aromatic N) is 2. The van der Waals surface area contributed by atoms with E-state index in [4.69, 9.17) is 0 Å². The molecule has 0 aliphatic carbocycles. The van der Waals surface area contributed by atoms with E-state index in [0.717, 1.165) is 12.7 Å². The summed E-state index contributed by atoms with van der Waals surface area (Å²) in [5.41, 5.74) is 1.54. The summed E-state index contributed by atoms with van der Waals surface area (Å²) in [5.74, 6) is -2.15. The summed E-state index contributed by atoms with van der Waals surface area (Å²) in [7, 11) is 1.05. The smallest absolute Gasteiger partial charge is 0.377 e. The molecule has 0 aliphatic rings. The number of ketones is 1. The van der Waals surface area contributed by atoms with Crippen molar-refractivity contribution >= 4 is 23.7 Å². The molecule has 0 aliphatic heterocycles. The Morgan fingerprint density at radius 1 is 1.28 bits per heavy atom. The molecule has 0 spiro atoms. The van der Waals surface area contributed by atoms with E-state index < -0.39 is 17.8 Å². The first-order valence-corrected chi connectivity index (χ1v) is 5.13. The van der Waals surface area contributed by atoms with E-state index in [1.54, 1.807) is 12.1 Å². The SMILES string of the molecule is COC(=O)C(=O)C(C=O)N=Nc1ccc(C)cc1. The van der Waals surface area contributed by atoms with Gasteiger partial charge in [-0.15, -0.1) is 0 Å². The summed E-state index contributed by atoms with van der Waals surface area (Å²) in [6.45, 7) is 1.91. The number of Topliss-reactive ketones (excluding diaryl/α,β-unsaturated/α-hetero) is 1. The normalized spacial score (nSPS) is 12.1. The predicted octanol–water partition coefficient (Wildman–Crippen LogP) is 1.39. The Hall–Kier alpha value is -2.37. The second-order valence-corrected chi connectivity index (χ2v) is 3.49. The lowest BCUT2D eigenvalue weighted by molar-refractivity contribution is -0.152. The zero-order valence-electron chi connectivity index (χ0n) is 9.99. The third-order valence-electron chi connectivity index (χ3n) is 2.12. The number of hydrogen-bond donors (Lipinski definition) is 0. The molecular weight excluding hydrogens is 236 g/mol. The van der Waals surface area contributed by atoms with Crippen LogP contribution in [-0.2, 0) is 19.1 Å². The molecular formula is C12H12N2O4. The Morgan fingerprint density at radius 3 is 2.39 bits per heavy atom. The number of methoxy groups -OCH3 is 1. The minimum Gasteiger partial charge on any atom is -0.463 e. The summed E-state index contributed by atoms with van der Waals surface area (Å²) in [6.07, 6.45) is 0.247. The molecule has 94 valence electrons. The van der Waals surface area contributed by atoms with E-state index in [-0.39, 0.29) is 6.29 Å². The zero-order valence-corrected chi connectivity index (χ0v) is 9.99. The molecule has 0 aromatic heterocycles. The van der Waals surface area contributed by atoms with Crippen molar-refractivity contribution in [3.8, 4) is 0 Å². The Bertz CT molecular complexity index is 479. The second kappa shape index (κ2) is 6.39. The van der Waals surface area contributed by atoms with Gasteiger partial charge in [-0.1, -0.05) is 17.7 Å².